The summed E-state index contributed by atoms with van der Waals surface area (Å²) in [5, 5.41) is 14.9. The second-order valence-corrected chi connectivity index (χ2v) is 6.72. The Morgan fingerprint density at radius 3 is 2.41 bits per heavy atom. The minimum atomic E-state index is 0. The van der Waals surface area contributed by atoms with Gasteiger partial charge in [0.25, 0.3) is 0 Å². The number of hydrogen-bond donors (Lipinski definition) is 0. The summed E-state index contributed by atoms with van der Waals surface area (Å²) in [6.45, 7) is 3.96. The van der Waals surface area contributed by atoms with Gasteiger partial charge in [-0.2, -0.15) is 5.21 Å². The number of rotatable bonds is 5. The maximum Gasteiger partial charge on any atom is 1.00 e. The first kappa shape index (κ1) is 21.0. The molecule has 138 valence electrons. The number of aryl methyl sites for hydroxylation is 2. The zero-order valence-corrected chi connectivity index (χ0v) is 18.6. The fraction of sp³-hybridized carbons (Fsp3) is 0.136. The van der Waals surface area contributed by atoms with E-state index in [-0.39, 0.29) is 35.3 Å². The van der Waals surface area contributed by atoms with Gasteiger partial charge in [0.1, 0.15) is 0 Å². The summed E-state index contributed by atoms with van der Waals surface area (Å²) < 4.78 is 0. The molecule has 2 aromatic carbocycles. The van der Waals surface area contributed by atoms with E-state index in [4.69, 9.17) is 0 Å². The van der Waals surface area contributed by atoms with Crippen molar-refractivity contribution in [3.8, 4) is 22.5 Å². The number of pyridine rings is 1. The number of Topliss-reactive ketones (excluding diaryl/α,β-unsaturated/α-hetero) is 1. The monoisotopic (exact) mass is 391 g/mol. The van der Waals surface area contributed by atoms with Crippen molar-refractivity contribution in [3.05, 3.63) is 83.2 Å². The van der Waals surface area contributed by atoms with Gasteiger partial charge in [0.15, 0.2) is 5.78 Å². The molecule has 0 amide bonds. The molecule has 29 heavy (non-hydrogen) atoms. The first-order chi connectivity index (χ1) is 13.6. The van der Waals surface area contributed by atoms with Crippen molar-refractivity contribution in [2.75, 3.05) is 0 Å². The van der Waals surface area contributed by atoms with Crippen molar-refractivity contribution >= 4 is 5.78 Å². The largest absolute Gasteiger partial charge is 1.00 e. The fourth-order valence-electron chi connectivity index (χ4n) is 3.20. The topological polar surface area (TPSA) is 82.7 Å². The number of aromatic nitrogens is 5. The Hall–Kier alpha value is -2.67. The van der Waals surface area contributed by atoms with Crippen molar-refractivity contribution in [3.63, 3.8) is 0 Å². The summed E-state index contributed by atoms with van der Waals surface area (Å²) in [4.78, 5) is 16.6. The van der Waals surface area contributed by atoms with Gasteiger partial charge in [-0.05, 0) is 59.4 Å². The minimum Gasteiger partial charge on any atom is -0.330 e. The molecule has 0 aliphatic carbocycles. The Bertz CT molecular complexity index is 1120. The number of carbonyl (C=O) groups is 1. The second-order valence-electron chi connectivity index (χ2n) is 6.72. The maximum absolute atomic E-state index is 12.6. The third kappa shape index (κ3) is 4.67. The molecule has 0 atom stereocenters. The van der Waals surface area contributed by atoms with Crippen LogP contribution in [0.1, 0.15) is 27.0 Å². The normalized spacial score (nSPS) is 10.4. The summed E-state index contributed by atoms with van der Waals surface area (Å²) in [5.74, 6) is 0.607. The van der Waals surface area contributed by atoms with Gasteiger partial charge in [-0.15, -0.1) is 0 Å². The van der Waals surface area contributed by atoms with E-state index < -0.39 is 0 Å². The van der Waals surface area contributed by atoms with Crippen LogP contribution < -0.4 is 34.7 Å². The number of tetrazole rings is 1. The molecule has 0 bridgehead atoms. The van der Waals surface area contributed by atoms with E-state index in [1.807, 2.05) is 49.4 Å². The van der Waals surface area contributed by atoms with Gasteiger partial charge in [0, 0.05) is 30.2 Å². The first-order valence-corrected chi connectivity index (χ1v) is 8.94. The average molecular weight is 391 g/mol. The van der Waals surface area contributed by atoms with Crippen LogP contribution in [0.4, 0.5) is 0 Å². The van der Waals surface area contributed by atoms with Crippen LogP contribution in [0.15, 0.2) is 60.9 Å². The van der Waals surface area contributed by atoms with E-state index in [0.29, 0.717) is 12.2 Å². The third-order valence-corrected chi connectivity index (χ3v) is 4.76. The summed E-state index contributed by atoms with van der Waals surface area (Å²) in [6, 6.07) is 15.9. The first-order valence-electron chi connectivity index (χ1n) is 8.94. The average Bonchev–Trinajstić information content (AvgIpc) is 3.24. The number of hydrogen-bond acceptors (Lipinski definition) is 5. The zero-order valence-electron chi connectivity index (χ0n) is 16.6. The van der Waals surface area contributed by atoms with Gasteiger partial charge in [-0.25, -0.2) is 0 Å². The molecule has 4 rings (SSSR count). The maximum atomic E-state index is 12.6. The van der Waals surface area contributed by atoms with Gasteiger partial charge in [-0.3, -0.25) is 20.1 Å². The Morgan fingerprint density at radius 1 is 0.966 bits per heavy atom. The van der Waals surface area contributed by atoms with Gasteiger partial charge >= 0.3 is 29.6 Å². The molecule has 0 saturated carbocycles. The number of carbonyl (C=O) groups excluding carboxylic acids is 1. The third-order valence-electron chi connectivity index (χ3n) is 4.76. The van der Waals surface area contributed by atoms with Crippen LogP contribution in [-0.4, -0.2) is 26.3 Å². The van der Waals surface area contributed by atoms with Crippen molar-refractivity contribution in [2.45, 2.75) is 20.3 Å². The molecule has 0 spiro atoms. The van der Waals surface area contributed by atoms with Crippen LogP contribution in [0.5, 0.6) is 0 Å². The van der Waals surface area contributed by atoms with Gasteiger partial charge in [0.05, 0.1) is 0 Å². The van der Waals surface area contributed by atoms with Gasteiger partial charge < -0.3 is 5.10 Å². The van der Waals surface area contributed by atoms with Crippen LogP contribution in [0.3, 0.4) is 0 Å². The quantitative estimate of drug-likeness (QED) is 0.366. The minimum absolute atomic E-state index is 0. The van der Waals surface area contributed by atoms with Crippen LogP contribution in [0, 0.1) is 13.8 Å². The molecule has 4 aromatic rings. The predicted molar refractivity (Wildman–Crippen MR) is 106 cm³/mol. The Kier molecular flexibility index (Phi) is 6.69. The van der Waals surface area contributed by atoms with Crippen molar-refractivity contribution < 1.29 is 34.4 Å². The molecule has 2 heterocycles. The summed E-state index contributed by atoms with van der Waals surface area (Å²) >= 11 is 0. The van der Waals surface area contributed by atoms with Crippen molar-refractivity contribution in [1.29, 1.82) is 0 Å². The van der Waals surface area contributed by atoms with Crippen LogP contribution >= 0.6 is 0 Å². The summed E-state index contributed by atoms with van der Waals surface area (Å²) in [6.07, 6.45) is 3.73. The summed E-state index contributed by atoms with van der Waals surface area (Å²) in [7, 11) is 0. The molecule has 6 nitrogen and oxygen atoms in total. The van der Waals surface area contributed by atoms with Gasteiger partial charge in [0.2, 0.25) is 0 Å². The molecular weight excluding hydrogens is 373 g/mol. The van der Waals surface area contributed by atoms with Gasteiger partial charge in [-0.1, -0.05) is 36.4 Å². The van der Waals surface area contributed by atoms with Crippen LogP contribution in [0.2, 0.25) is 0 Å². The van der Waals surface area contributed by atoms with Crippen LogP contribution in [-0.2, 0) is 6.42 Å². The van der Waals surface area contributed by atoms with Crippen LogP contribution in [0.25, 0.3) is 22.5 Å². The van der Waals surface area contributed by atoms with Crippen molar-refractivity contribution in [1.82, 2.24) is 25.6 Å². The summed E-state index contributed by atoms with van der Waals surface area (Å²) in [5.41, 5.74) is 6.78. The molecule has 0 fully saturated rings. The van der Waals surface area contributed by atoms with E-state index in [0.717, 1.165) is 38.9 Å². The number of nitrogens with zero attached hydrogens (tertiary/aromatic N) is 5. The molecule has 2 aromatic heterocycles. The molecular formula is C22H18N5NaO. The number of ketones is 1. The SMILES string of the molecule is Cc1cnccc1C(=O)Cc1ccc(-c2cc(-c3nnn[n-]3)ccc2C)cc1.[Na+]. The molecule has 0 radical (unpaired) electrons. The second kappa shape index (κ2) is 9.22. The van der Waals surface area contributed by atoms with E-state index in [1.54, 1.807) is 18.5 Å². The fourth-order valence-corrected chi connectivity index (χ4v) is 3.20. The molecule has 7 heteroatoms. The Balaban J connectivity index is 0.00000240. The Labute approximate surface area is 191 Å². The molecule has 0 aliphatic rings. The molecule has 0 aliphatic heterocycles. The van der Waals surface area contributed by atoms with E-state index in [9.17, 15) is 4.79 Å². The zero-order chi connectivity index (χ0) is 19.5. The molecule has 0 N–H and O–H groups in total. The predicted octanol–water partition coefficient (Wildman–Crippen LogP) is 0.604. The smallest absolute Gasteiger partial charge is 0.330 e. The Morgan fingerprint density at radius 2 is 1.72 bits per heavy atom. The van der Waals surface area contributed by atoms with Crippen molar-refractivity contribution in [2.24, 2.45) is 0 Å². The van der Waals surface area contributed by atoms with E-state index in [2.05, 4.69) is 32.5 Å². The molecule has 0 unspecified atom stereocenters. The van der Waals surface area contributed by atoms with E-state index >= 15 is 0 Å². The van der Waals surface area contributed by atoms with E-state index in [1.165, 1.54) is 0 Å². The standard InChI is InChI=1S/C22H18N5O.Na/c1-14-3-6-18(22-24-26-27-25-22)12-20(14)17-7-4-16(5-8-17)11-21(28)19-9-10-23-13-15(19)2;/h3-10,12-13H,11H2,1-2H3;/q-1;+1. The molecule has 0 saturated heterocycles. The number of benzene rings is 2.